The summed E-state index contributed by atoms with van der Waals surface area (Å²) in [6, 6.07) is 11.1. The Morgan fingerprint density at radius 1 is 1.28 bits per heavy atom. The minimum Gasteiger partial charge on any atom is -0.409 e. The van der Waals surface area contributed by atoms with E-state index in [1.807, 2.05) is 30.3 Å². The van der Waals surface area contributed by atoms with Gasteiger partial charge in [0.15, 0.2) is 5.84 Å². The largest absolute Gasteiger partial charge is 0.409 e. The van der Waals surface area contributed by atoms with E-state index in [1.54, 1.807) is 12.3 Å². The van der Waals surface area contributed by atoms with E-state index in [1.165, 1.54) is 11.8 Å². The van der Waals surface area contributed by atoms with Crippen LogP contribution in [0.1, 0.15) is 5.69 Å². The quantitative estimate of drug-likeness (QED) is 0.392. The molecule has 4 nitrogen and oxygen atoms in total. The standard InChI is InChI=1S/C12H10ClN3OS/c13-8-2-1-3-9(6-8)18-10-4-5-15-11(7-10)12(14)16-17/h1-7,17H,(H2,14,16). The highest BCUT2D eigenvalue weighted by molar-refractivity contribution is 7.99. The van der Waals surface area contributed by atoms with E-state index >= 15 is 0 Å². The third-order valence-electron chi connectivity index (χ3n) is 2.13. The molecule has 0 saturated carbocycles. The van der Waals surface area contributed by atoms with Crippen molar-refractivity contribution < 1.29 is 5.21 Å². The molecule has 0 spiro atoms. The predicted octanol–water partition coefficient (Wildman–Crippen LogP) is 2.98. The Hall–Kier alpha value is -1.72. The molecule has 3 N–H and O–H groups in total. The lowest BCUT2D eigenvalue weighted by molar-refractivity contribution is 0.318. The number of benzene rings is 1. The summed E-state index contributed by atoms with van der Waals surface area (Å²) in [6.45, 7) is 0. The molecule has 1 aromatic carbocycles. The zero-order chi connectivity index (χ0) is 13.0. The second kappa shape index (κ2) is 5.75. The smallest absolute Gasteiger partial charge is 0.188 e. The van der Waals surface area contributed by atoms with Crippen LogP contribution in [0.3, 0.4) is 0 Å². The van der Waals surface area contributed by atoms with Crippen molar-refractivity contribution in [3.05, 3.63) is 53.3 Å². The summed E-state index contributed by atoms with van der Waals surface area (Å²) in [5.74, 6) is -0.0106. The fourth-order valence-corrected chi connectivity index (χ4v) is 2.49. The first-order chi connectivity index (χ1) is 8.69. The van der Waals surface area contributed by atoms with E-state index < -0.39 is 0 Å². The number of oxime groups is 1. The van der Waals surface area contributed by atoms with Gasteiger partial charge in [0.25, 0.3) is 0 Å². The van der Waals surface area contributed by atoms with Gasteiger partial charge in [0.2, 0.25) is 0 Å². The predicted molar refractivity (Wildman–Crippen MR) is 72.3 cm³/mol. The van der Waals surface area contributed by atoms with Gasteiger partial charge in [-0.3, -0.25) is 4.98 Å². The average molecular weight is 280 g/mol. The molecule has 2 aromatic rings. The summed E-state index contributed by atoms with van der Waals surface area (Å²) < 4.78 is 0. The first kappa shape index (κ1) is 12.7. The molecule has 0 aliphatic heterocycles. The SMILES string of the molecule is NC(=NO)c1cc(Sc2cccc(Cl)c2)ccn1. The molecular weight excluding hydrogens is 270 g/mol. The Morgan fingerprint density at radius 3 is 2.78 bits per heavy atom. The summed E-state index contributed by atoms with van der Waals surface area (Å²) in [6.07, 6.45) is 1.61. The second-order valence-electron chi connectivity index (χ2n) is 3.42. The summed E-state index contributed by atoms with van der Waals surface area (Å²) in [4.78, 5) is 5.97. The summed E-state index contributed by atoms with van der Waals surface area (Å²) >= 11 is 7.44. The Kier molecular flexibility index (Phi) is 4.07. The summed E-state index contributed by atoms with van der Waals surface area (Å²) in [7, 11) is 0. The van der Waals surface area contributed by atoms with Crippen LogP contribution in [0.5, 0.6) is 0 Å². The van der Waals surface area contributed by atoms with E-state index in [4.69, 9.17) is 22.5 Å². The van der Waals surface area contributed by atoms with Crippen LogP contribution in [0.15, 0.2) is 57.5 Å². The Balaban J connectivity index is 2.24. The molecular formula is C12H10ClN3OS. The molecule has 0 atom stereocenters. The van der Waals surface area contributed by atoms with Gasteiger partial charge in [0.05, 0.1) is 0 Å². The zero-order valence-corrected chi connectivity index (χ0v) is 10.8. The Morgan fingerprint density at radius 2 is 2.06 bits per heavy atom. The maximum atomic E-state index is 8.60. The molecule has 6 heteroatoms. The van der Waals surface area contributed by atoms with Crippen LogP contribution >= 0.6 is 23.4 Å². The van der Waals surface area contributed by atoms with Crippen LogP contribution in [-0.2, 0) is 0 Å². The van der Waals surface area contributed by atoms with Gasteiger partial charge in [-0.25, -0.2) is 0 Å². The molecule has 0 amide bonds. The molecule has 0 saturated heterocycles. The van der Waals surface area contributed by atoms with E-state index in [0.29, 0.717) is 10.7 Å². The molecule has 2 rings (SSSR count). The van der Waals surface area contributed by atoms with E-state index in [-0.39, 0.29) is 5.84 Å². The third-order valence-corrected chi connectivity index (χ3v) is 3.35. The van der Waals surface area contributed by atoms with Crippen molar-refractivity contribution in [2.75, 3.05) is 0 Å². The van der Waals surface area contributed by atoms with Crippen molar-refractivity contribution >= 4 is 29.2 Å². The zero-order valence-electron chi connectivity index (χ0n) is 9.25. The molecule has 1 aromatic heterocycles. The number of aromatic nitrogens is 1. The van der Waals surface area contributed by atoms with Crippen LogP contribution < -0.4 is 5.73 Å². The maximum absolute atomic E-state index is 8.60. The van der Waals surface area contributed by atoms with Crippen molar-refractivity contribution in [3.8, 4) is 0 Å². The Labute approximate surface area is 113 Å². The summed E-state index contributed by atoms with van der Waals surface area (Å²) in [5.41, 5.74) is 5.92. The Bertz CT molecular complexity index is 589. The van der Waals surface area contributed by atoms with Crippen molar-refractivity contribution in [2.24, 2.45) is 10.9 Å². The van der Waals surface area contributed by atoms with Gasteiger partial charge in [-0.1, -0.05) is 34.6 Å². The monoisotopic (exact) mass is 279 g/mol. The molecule has 18 heavy (non-hydrogen) atoms. The highest BCUT2D eigenvalue weighted by Crippen LogP contribution is 2.29. The van der Waals surface area contributed by atoms with Crippen molar-refractivity contribution in [3.63, 3.8) is 0 Å². The van der Waals surface area contributed by atoms with Gasteiger partial charge in [0.1, 0.15) is 5.69 Å². The van der Waals surface area contributed by atoms with Crippen LogP contribution in [0.25, 0.3) is 0 Å². The molecule has 0 radical (unpaired) electrons. The number of rotatable bonds is 3. The topological polar surface area (TPSA) is 71.5 Å². The first-order valence-electron chi connectivity index (χ1n) is 5.06. The van der Waals surface area contributed by atoms with E-state index in [2.05, 4.69) is 10.1 Å². The molecule has 1 heterocycles. The molecule has 0 aliphatic carbocycles. The van der Waals surface area contributed by atoms with Gasteiger partial charge in [-0.05, 0) is 30.3 Å². The minimum atomic E-state index is -0.0106. The lowest BCUT2D eigenvalue weighted by Crippen LogP contribution is -2.14. The second-order valence-corrected chi connectivity index (χ2v) is 5.00. The minimum absolute atomic E-state index is 0.0106. The van der Waals surface area contributed by atoms with Crippen molar-refractivity contribution in [2.45, 2.75) is 9.79 Å². The first-order valence-corrected chi connectivity index (χ1v) is 6.26. The van der Waals surface area contributed by atoms with Crippen LogP contribution in [0.2, 0.25) is 5.02 Å². The van der Waals surface area contributed by atoms with Gasteiger partial charge < -0.3 is 10.9 Å². The molecule has 0 unspecified atom stereocenters. The molecule has 0 fully saturated rings. The van der Waals surface area contributed by atoms with Gasteiger partial charge in [-0.15, -0.1) is 0 Å². The van der Waals surface area contributed by atoms with E-state index in [9.17, 15) is 0 Å². The molecule has 92 valence electrons. The number of pyridine rings is 1. The number of nitrogens with two attached hydrogens (primary N) is 1. The fourth-order valence-electron chi connectivity index (χ4n) is 1.33. The number of halogens is 1. The number of nitrogens with zero attached hydrogens (tertiary/aromatic N) is 2. The number of hydrogen-bond acceptors (Lipinski definition) is 4. The van der Waals surface area contributed by atoms with Crippen LogP contribution in [0.4, 0.5) is 0 Å². The molecule has 0 aliphatic rings. The van der Waals surface area contributed by atoms with Crippen LogP contribution in [0, 0.1) is 0 Å². The lowest BCUT2D eigenvalue weighted by Gasteiger charge is -2.03. The highest BCUT2D eigenvalue weighted by atomic mass is 35.5. The fraction of sp³-hybridized carbons (Fsp3) is 0. The van der Waals surface area contributed by atoms with Crippen molar-refractivity contribution in [1.82, 2.24) is 4.98 Å². The maximum Gasteiger partial charge on any atom is 0.188 e. The third kappa shape index (κ3) is 3.15. The normalized spacial score (nSPS) is 11.5. The van der Waals surface area contributed by atoms with Gasteiger partial charge in [-0.2, -0.15) is 0 Å². The van der Waals surface area contributed by atoms with Gasteiger partial charge >= 0.3 is 0 Å². The average Bonchev–Trinajstić information content (AvgIpc) is 2.38. The highest BCUT2D eigenvalue weighted by Gasteiger charge is 2.04. The van der Waals surface area contributed by atoms with E-state index in [0.717, 1.165) is 9.79 Å². The summed E-state index contributed by atoms with van der Waals surface area (Å²) in [5, 5.41) is 12.2. The van der Waals surface area contributed by atoms with Crippen molar-refractivity contribution in [1.29, 1.82) is 0 Å². The number of amidine groups is 1. The van der Waals surface area contributed by atoms with Crippen LogP contribution in [-0.4, -0.2) is 16.0 Å². The van der Waals surface area contributed by atoms with Gasteiger partial charge in [0, 0.05) is 21.0 Å². The molecule has 0 bridgehead atoms. The number of hydrogen-bond donors (Lipinski definition) is 2. The lowest BCUT2D eigenvalue weighted by atomic mass is 10.3.